The molecule has 0 spiro atoms. The summed E-state index contributed by atoms with van der Waals surface area (Å²) in [7, 11) is 2.19. The van der Waals surface area contributed by atoms with Gasteiger partial charge in [-0.2, -0.15) is 0 Å². The Morgan fingerprint density at radius 3 is 2.80 bits per heavy atom. The largest absolute Gasteiger partial charge is 0.381 e. The summed E-state index contributed by atoms with van der Waals surface area (Å²) in [4.78, 5) is 2.38. The van der Waals surface area contributed by atoms with Gasteiger partial charge in [0.15, 0.2) is 0 Å². The summed E-state index contributed by atoms with van der Waals surface area (Å²) in [6, 6.07) is 0.609. The summed E-state index contributed by atoms with van der Waals surface area (Å²) in [5, 5.41) is 3.65. The molecule has 0 amide bonds. The van der Waals surface area contributed by atoms with E-state index < -0.39 is 0 Å². The van der Waals surface area contributed by atoms with Gasteiger partial charge in [0.1, 0.15) is 0 Å². The molecule has 1 aliphatic heterocycles. The van der Waals surface area contributed by atoms with Crippen LogP contribution < -0.4 is 5.32 Å². The Hall–Kier alpha value is -0.120. The SMILES string of the molecule is CCCNC(CN(C)CC)C1CCOC1. The third-order valence-corrected chi connectivity index (χ3v) is 3.24. The molecule has 90 valence electrons. The predicted molar refractivity (Wildman–Crippen MR) is 64.2 cm³/mol. The molecule has 0 aliphatic carbocycles. The number of ether oxygens (including phenoxy) is 1. The number of nitrogens with zero attached hydrogens (tertiary/aromatic N) is 1. The maximum atomic E-state index is 5.47. The van der Waals surface area contributed by atoms with E-state index >= 15 is 0 Å². The first kappa shape index (κ1) is 12.9. The Morgan fingerprint density at radius 1 is 1.47 bits per heavy atom. The zero-order valence-corrected chi connectivity index (χ0v) is 10.5. The van der Waals surface area contributed by atoms with Crippen molar-refractivity contribution < 1.29 is 4.74 Å². The van der Waals surface area contributed by atoms with Crippen molar-refractivity contribution in [3.8, 4) is 0 Å². The number of hydrogen-bond donors (Lipinski definition) is 1. The standard InChI is InChI=1S/C12H26N2O/c1-4-7-13-12(9-14(3)5-2)11-6-8-15-10-11/h11-13H,4-10H2,1-3H3. The van der Waals surface area contributed by atoms with Gasteiger partial charge in [-0.25, -0.2) is 0 Å². The van der Waals surface area contributed by atoms with Gasteiger partial charge in [0.2, 0.25) is 0 Å². The lowest BCUT2D eigenvalue weighted by Gasteiger charge is -2.28. The molecule has 0 aromatic heterocycles. The van der Waals surface area contributed by atoms with Crippen LogP contribution >= 0.6 is 0 Å². The molecule has 1 rings (SSSR count). The molecule has 2 atom stereocenters. The average molecular weight is 214 g/mol. The van der Waals surface area contributed by atoms with Crippen molar-refractivity contribution in [3.05, 3.63) is 0 Å². The van der Waals surface area contributed by atoms with Crippen molar-refractivity contribution in [2.75, 3.05) is 39.9 Å². The first-order valence-electron chi connectivity index (χ1n) is 6.27. The number of rotatable bonds is 7. The molecule has 0 saturated carbocycles. The molecular weight excluding hydrogens is 188 g/mol. The number of hydrogen-bond acceptors (Lipinski definition) is 3. The molecule has 0 aromatic carbocycles. The highest BCUT2D eigenvalue weighted by molar-refractivity contribution is 4.81. The minimum absolute atomic E-state index is 0.609. The van der Waals surface area contributed by atoms with E-state index in [1.807, 2.05) is 0 Å². The van der Waals surface area contributed by atoms with E-state index in [0.717, 1.165) is 32.8 Å². The van der Waals surface area contributed by atoms with E-state index in [9.17, 15) is 0 Å². The molecule has 3 heteroatoms. The topological polar surface area (TPSA) is 24.5 Å². The van der Waals surface area contributed by atoms with Crippen LogP contribution in [0.3, 0.4) is 0 Å². The summed E-state index contributed by atoms with van der Waals surface area (Å²) in [6.45, 7) is 9.71. The van der Waals surface area contributed by atoms with Gasteiger partial charge in [-0.05, 0) is 33.0 Å². The molecule has 1 aliphatic rings. The lowest BCUT2D eigenvalue weighted by molar-refractivity contribution is 0.167. The van der Waals surface area contributed by atoms with Gasteiger partial charge in [-0.15, -0.1) is 0 Å². The minimum atomic E-state index is 0.609. The summed E-state index contributed by atoms with van der Waals surface area (Å²) >= 11 is 0. The van der Waals surface area contributed by atoms with Crippen LogP contribution in [-0.2, 0) is 4.74 Å². The second kappa shape index (κ2) is 7.20. The molecular formula is C12H26N2O. The lowest BCUT2D eigenvalue weighted by atomic mass is 9.98. The highest BCUT2D eigenvalue weighted by atomic mass is 16.5. The third kappa shape index (κ3) is 4.49. The minimum Gasteiger partial charge on any atom is -0.381 e. The molecule has 1 heterocycles. The smallest absolute Gasteiger partial charge is 0.0510 e. The van der Waals surface area contributed by atoms with E-state index in [1.54, 1.807) is 0 Å². The first-order chi connectivity index (χ1) is 7.27. The third-order valence-electron chi connectivity index (χ3n) is 3.24. The fourth-order valence-corrected chi connectivity index (χ4v) is 2.04. The van der Waals surface area contributed by atoms with Crippen molar-refractivity contribution in [3.63, 3.8) is 0 Å². The van der Waals surface area contributed by atoms with E-state index in [1.165, 1.54) is 12.8 Å². The van der Waals surface area contributed by atoms with Crippen molar-refractivity contribution in [2.45, 2.75) is 32.7 Å². The fraction of sp³-hybridized carbons (Fsp3) is 1.00. The lowest BCUT2D eigenvalue weighted by Crippen LogP contribution is -2.45. The molecule has 1 fully saturated rings. The second-order valence-electron chi connectivity index (χ2n) is 4.54. The maximum absolute atomic E-state index is 5.47. The Labute approximate surface area is 94.2 Å². The van der Waals surface area contributed by atoms with Crippen LogP contribution in [0, 0.1) is 5.92 Å². The van der Waals surface area contributed by atoms with Crippen LogP contribution in [0.4, 0.5) is 0 Å². The summed E-state index contributed by atoms with van der Waals surface area (Å²) in [5.74, 6) is 0.713. The van der Waals surface area contributed by atoms with Crippen LogP contribution in [0.5, 0.6) is 0 Å². The molecule has 15 heavy (non-hydrogen) atoms. The second-order valence-corrected chi connectivity index (χ2v) is 4.54. The van der Waals surface area contributed by atoms with Gasteiger partial charge in [-0.3, -0.25) is 0 Å². The molecule has 0 radical (unpaired) electrons. The Morgan fingerprint density at radius 2 is 2.27 bits per heavy atom. The van der Waals surface area contributed by atoms with Crippen molar-refractivity contribution in [1.82, 2.24) is 10.2 Å². The Kier molecular flexibility index (Phi) is 6.22. The number of likely N-dealkylation sites (N-methyl/N-ethyl adjacent to an activating group) is 1. The zero-order chi connectivity index (χ0) is 11.1. The van der Waals surface area contributed by atoms with Crippen molar-refractivity contribution in [2.24, 2.45) is 5.92 Å². The maximum Gasteiger partial charge on any atom is 0.0510 e. The monoisotopic (exact) mass is 214 g/mol. The van der Waals surface area contributed by atoms with E-state index in [4.69, 9.17) is 4.74 Å². The van der Waals surface area contributed by atoms with Gasteiger partial charge in [0, 0.05) is 25.1 Å². The Bertz CT molecular complexity index is 158. The van der Waals surface area contributed by atoms with E-state index in [2.05, 4.69) is 31.1 Å². The van der Waals surface area contributed by atoms with Gasteiger partial charge in [0.05, 0.1) is 6.61 Å². The molecule has 0 bridgehead atoms. The molecule has 2 unspecified atom stereocenters. The van der Waals surface area contributed by atoms with Crippen LogP contribution in [-0.4, -0.2) is 50.8 Å². The normalized spacial score (nSPS) is 23.6. The average Bonchev–Trinajstić information content (AvgIpc) is 2.77. The molecule has 1 N–H and O–H groups in total. The molecule has 1 saturated heterocycles. The summed E-state index contributed by atoms with van der Waals surface area (Å²) < 4.78 is 5.47. The fourth-order valence-electron chi connectivity index (χ4n) is 2.04. The van der Waals surface area contributed by atoms with Crippen molar-refractivity contribution in [1.29, 1.82) is 0 Å². The quantitative estimate of drug-likeness (QED) is 0.692. The van der Waals surface area contributed by atoms with Gasteiger partial charge in [0.25, 0.3) is 0 Å². The van der Waals surface area contributed by atoms with Crippen LogP contribution in [0.25, 0.3) is 0 Å². The van der Waals surface area contributed by atoms with Gasteiger partial charge in [-0.1, -0.05) is 13.8 Å². The summed E-state index contributed by atoms with van der Waals surface area (Å²) in [5.41, 5.74) is 0. The molecule has 3 nitrogen and oxygen atoms in total. The molecule has 0 aromatic rings. The van der Waals surface area contributed by atoms with E-state index in [0.29, 0.717) is 12.0 Å². The van der Waals surface area contributed by atoms with Crippen molar-refractivity contribution >= 4 is 0 Å². The highest BCUT2D eigenvalue weighted by Gasteiger charge is 2.25. The van der Waals surface area contributed by atoms with Crippen LogP contribution in [0.2, 0.25) is 0 Å². The predicted octanol–water partition coefficient (Wildman–Crippen LogP) is 1.34. The van der Waals surface area contributed by atoms with E-state index in [-0.39, 0.29) is 0 Å². The first-order valence-corrected chi connectivity index (χ1v) is 6.27. The van der Waals surface area contributed by atoms with Crippen LogP contribution in [0.15, 0.2) is 0 Å². The van der Waals surface area contributed by atoms with Gasteiger partial charge < -0.3 is 15.0 Å². The summed E-state index contributed by atoms with van der Waals surface area (Å²) in [6.07, 6.45) is 2.43. The number of nitrogens with one attached hydrogen (secondary N) is 1. The Balaban J connectivity index is 2.36. The zero-order valence-electron chi connectivity index (χ0n) is 10.5. The van der Waals surface area contributed by atoms with Crippen LogP contribution in [0.1, 0.15) is 26.7 Å². The highest BCUT2D eigenvalue weighted by Crippen LogP contribution is 2.17. The van der Waals surface area contributed by atoms with Gasteiger partial charge >= 0.3 is 0 Å².